The fourth-order valence-corrected chi connectivity index (χ4v) is 3.24. The molecule has 1 aromatic heterocycles. The van der Waals surface area contributed by atoms with Crippen LogP contribution in [-0.2, 0) is 16.0 Å². The van der Waals surface area contributed by atoms with E-state index < -0.39 is 18.0 Å². The Morgan fingerprint density at radius 3 is 2.52 bits per heavy atom. The maximum atomic E-state index is 12.5. The largest absolute Gasteiger partial charge is 0.480 e. The second-order valence-electron chi connectivity index (χ2n) is 6.74. The van der Waals surface area contributed by atoms with Gasteiger partial charge in [0.05, 0.1) is 0 Å². The summed E-state index contributed by atoms with van der Waals surface area (Å²) in [4.78, 5) is 41.9. The van der Waals surface area contributed by atoms with Gasteiger partial charge < -0.3 is 25.2 Å². The number of aromatic nitrogens is 1. The number of hydrogen-bond acceptors (Lipinski definition) is 3. The Bertz CT molecular complexity index is 839. The first-order valence-corrected chi connectivity index (χ1v) is 9.06. The van der Waals surface area contributed by atoms with Crippen molar-refractivity contribution in [3.8, 4) is 0 Å². The average Bonchev–Trinajstić information content (AvgIpc) is 3.09. The highest BCUT2D eigenvalue weighted by atomic mass is 16.4. The van der Waals surface area contributed by atoms with E-state index in [4.69, 9.17) is 5.11 Å². The fourth-order valence-electron chi connectivity index (χ4n) is 3.24. The molecule has 1 saturated heterocycles. The number of urea groups is 1. The second-order valence-corrected chi connectivity index (χ2v) is 6.74. The van der Waals surface area contributed by atoms with Crippen molar-refractivity contribution < 1.29 is 19.5 Å². The van der Waals surface area contributed by atoms with Gasteiger partial charge in [-0.25, -0.2) is 4.79 Å². The van der Waals surface area contributed by atoms with Crippen molar-refractivity contribution in [2.45, 2.75) is 25.8 Å². The molecule has 144 valence electrons. The zero-order valence-electron chi connectivity index (χ0n) is 15.3. The van der Waals surface area contributed by atoms with Gasteiger partial charge in [0.25, 0.3) is 0 Å². The van der Waals surface area contributed by atoms with E-state index in [1.54, 1.807) is 9.80 Å². The Kier molecular flexibility index (Phi) is 5.63. The number of benzene rings is 1. The first-order chi connectivity index (χ1) is 13.0. The van der Waals surface area contributed by atoms with Crippen molar-refractivity contribution in [2.75, 3.05) is 26.2 Å². The molecule has 1 aliphatic rings. The minimum Gasteiger partial charge on any atom is -0.480 e. The molecule has 3 N–H and O–H groups in total. The van der Waals surface area contributed by atoms with Gasteiger partial charge in [0.15, 0.2) is 0 Å². The molecule has 1 atom stereocenters. The fraction of sp³-hybridized carbons (Fsp3) is 0.421. The van der Waals surface area contributed by atoms with Gasteiger partial charge in [-0.3, -0.25) is 9.59 Å². The van der Waals surface area contributed by atoms with Crippen LogP contribution in [0.2, 0.25) is 0 Å². The summed E-state index contributed by atoms with van der Waals surface area (Å²) in [5.74, 6) is -1.01. The van der Waals surface area contributed by atoms with E-state index >= 15 is 0 Å². The topological polar surface area (TPSA) is 106 Å². The first kappa shape index (κ1) is 18.8. The normalized spacial score (nSPS) is 15.6. The van der Waals surface area contributed by atoms with E-state index in [0.717, 1.165) is 16.5 Å². The van der Waals surface area contributed by atoms with Gasteiger partial charge in [0.1, 0.15) is 6.04 Å². The summed E-state index contributed by atoms with van der Waals surface area (Å²) < 4.78 is 0. The van der Waals surface area contributed by atoms with E-state index in [1.165, 1.54) is 6.92 Å². The number of carboxylic acids is 1. The molecule has 0 aliphatic carbocycles. The van der Waals surface area contributed by atoms with E-state index in [1.807, 2.05) is 30.5 Å². The molecule has 2 aromatic rings. The Labute approximate surface area is 157 Å². The Balaban J connectivity index is 1.47. The number of H-pyrrole nitrogens is 1. The molecule has 0 radical (unpaired) electrons. The van der Waals surface area contributed by atoms with Crippen LogP contribution in [-0.4, -0.2) is 70.0 Å². The van der Waals surface area contributed by atoms with Gasteiger partial charge >= 0.3 is 12.0 Å². The van der Waals surface area contributed by atoms with E-state index in [-0.39, 0.29) is 5.91 Å². The molecule has 0 bridgehead atoms. The maximum absolute atomic E-state index is 12.5. The molecule has 0 saturated carbocycles. The Hall–Kier alpha value is -3.03. The molecule has 1 aliphatic heterocycles. The van der Waals surface area contributed by atoms with Crippen molar-refractivity contribution >= 4 is 28.8 Å². The number of aromatic amines is 1. The van der Waals surface area contributed by atoms with Crippen LogP contribution in [0, 0.1) is 0 Å². The van der Waals surface area contributed by atoms with E-state index in [9.17, 15) is 14.4 Å². The van der Waals surface area contributed by atoms with Gasteiger partial charge in [-0.05, 0) is 25.0 Å². The van der Waals surface area contributed by atoms with E-state index in [0.29, 0.717) is 39.0 Å². The lowest BCUT2D eigenvalue weighted by molar-refractivity contribution is -0.138. The molecule has 8 nitrogen and oxygen atoms in total. The van der Waals surface area contributed by atoms with Crippen LogP contribution in [0.4, 0.5) is 4.79 Å². The Morgan fingerprint density at radius 2 is 1.81 bits per heavy atom. The summed E-state index contributed by atoms with van der Waals surface area (Å²) >= 11 is 0. The predicted octanol–water partition coefficient (Wildman–Crippen LogP) is 1.43. The molecular weight excluding hydrogens is 348 g/mol. The number of fused-ring (bicyclic) bond motifs is 1. The lowest BCUT2D eigenvalue weighted by Gasteiger charge is -2.35. The first-order valence-electron chi connectivity index (χ1n) is 9.06. The number of carbonyl (C=O) groups excluding carboxylic acids is 2. The molecular formula is C19H24N4O4. The minimum atomic E-state index is -1.07. The molecule has 27 heavy (non-hydrogen) atoms. The van der Waals surface area contributed by atoms with Crippen LogP contribution in [0.25, 0.3) is 10.9 Å². The highest BCUT2D eigenvalue weighted by Crippen LogP contribution is 2.19. The monoisotopic (exact) mass is 372 g/mol. The third-order valence-corrected chi connectivity index (χ3v) is 4.91. The summed E-state index contributed by atoms with van der Waals surface area (Å²) in [5, 5.41) is 12.4. The van der Waals surface area contributed by atoms with Crippen molar-refractivity contribution in [3.05, 3.63) is 36.0 Å². The minimum absolute atomic E-state index is 0.0687. The average molecular weight is 372 g/mol. The Morgan fingerprint density at radius 1 is 1.15 bits per heavy atom. The molecule has 1 aromatic carbocycles. The number of carboxylic acid groups (broad SMARTS) is 1. The third-order valence-electron chi connectivity index (χ3n) is 4.91. The summed E-state index contributed by atoms with van der Waals surface area (Å²) in [5.41, 5.74) is 2.19. The number of aliphatic carboxylic acids is 1. The molecule has 3 amide bonds. The van der Waals surface area contributed by atoms with Gasteiger partial charge in [-0.2, -0.15) is 0 Å². The number of nitrogens with one attached hydrogen (secondary N) is 2. The van der Waals surface area contributed by atoms with Crippen LogP contribution in [0.1, 0.15) is 18.9 Å². The number of piperazine rings is 1. The third kappa shape index (κ3) is 4.39. The summed E-state index contributed by atoms with van der Waals surface area (Å²) in [6.45, 7) is 3.14. The van der Waals surface area contributed by atoms with Gasteiger partial charge in [-0.1, -0.05) is 18.2 Å². The zero-order valence-corrected chi connectivity index (χ0v) is 15.3. The van der Waals surface area contributed by atoms with Crippen LogP contribution < -0.4 is 5.32 Å². The summed E-state index contributed by atoms with van der Waals surface area (Å²) in [7, 11) is 0. The number of aryl methyl sites for hydroxylation is 1. The highest BCUT2D eigenvalue weighted by Gasteiger charge is 2.25. The standard InChI is InChI=1S/C19H24N4O4/c1-13(18(25)26)21-19(27)23-10-8-22(9-11-23)17(24)7-6-14-12-20-16-5-3-2-4-15(14)16/h2-5,12-13,20H,6-11H2,1H3,(H,21,27)(H,25,26)/t13-/m1/s1. The van der Waals surface area contributed by atoms with Gasteiger partial charge in [0, 0.05) is 49.7 Å². The predicted molar refractivity (Wildman–Crippen MR) is 100 cm³/mol. The lowest BCUT2D eigenvalue weighted by atomic mass is 10.1. The SMILES string of the molecule is C[C@@H](NC(=O)N1CCN(C(=O)CCc2c[nH]c3ccccc23)CC1)C(=O)O. The zero-order chi connectivity index (χ0) is 19.4. The number of rotatable bonds is 5. The van der Waals surface area contributed by atoms with Crippen LogP contribution in [0.5, 0.6) is 0 Å². The maximum Gasteiger partial charge on any atom is 0.325 e. The van der Waals surface area contributed by atoms with Crippen LogP contribution in [0.15, 0.2) is 30.5 Å². The second kappa shape index (κ2) is 8.11. The lowest BCUT2D eigenvalue weighted by Crippen LogP contribution is -2.55. The number of nitrogens with zero attached hydrogens (tertiary/aromatic N) is 2. The number of hydrogen-bond donors (Lipinski definition) is 3. The van der Waals surface area contributed by atoms with E-state index in [2.05, 4.69) is 10.3 Å². The molecule has 8 heteroatoms. The summed E-state index contributed by atoms with van der Waals surface area (Å²) in [6.07, 6.45) is 3.04. The molecule has 1 fully saturated rings. The smallest absolute Gasteiger partial charge is 0.325 e. The van der Waals surface area contributed by atoms with Crippen molar-refractivity contribution in [2.24, 2.45) is 0 Å². The number of carbonyl (C=O) groups is 3. The van der Waals surface area contributed by atoms with Gasteiger partial charge in [0.2, 0.25) is 5.91 Å². The van der Waals surface area contributed by atoms with Crippen LogP contribution in [0.3, 0.4) is 0 Å². The molecule has 0 spiro atoms. The van der Waals surface area contributed by atoms with Crippen molar-refractivity contribution in [1.82, 2.24) is 20.1 Å². The molecule has 2 heterocycles. The van der Waals surface area contributed by atoms with Crippen LogP contribution >= 0.6 is 0 Å². The van der Waals surface area contributed by atoms with Crippen molar-refractivity contribution in [3.63, 3.8) is 0 Å². The summed E-state index contributed by atoms with van der Waals surface area (Å²) in [6, 6.07) is 6.67. The molecule has 3 rings (SSSR count). The highest BCUT2D eigenvalue weighted by molar-refractivity contribution is 5.84. The number of para-hydroxylation sites is 1. The molecule has 0 unspecified atom stereocenters. The quantitative estimate of drug-likeness (QED) is 0.738. The van der Waals surface area contributed by atoms with Gasteiger partial charge in [-0.15, -0.1) is 0 Å². The number of amides is 3. The van der Waals surface area contributed by atoms with Crippen molar-refractivity contribution in [1.29, 1.82) is 0 Å².